The third-order valence-corrected chi connectivity index (χ3v) is 2.46. The molecule has 0 aliphatic rings. The highest BCUT2D eigenvalue weighted by Crippen LogP contribution is 2.20. The average molecular weight is 239 g/mol. The maximum Gasteiger partial charge on any atom is 0.407 e. The lowest BCUT2D eigenvalue weighted by Gasteiger charge is -2.23. The molecule has 17 heavy (non-hydrogen) atoms. The van der Waals surface area contributed by atoms with Crippen LogP contribution in [-0.4, -0.2) is 21.7 Å². The Bertz CT molecular complexity index is 372. The minimum Gasteiger partial charge on any atom is -0.447 e. The number of imidazole rings is 1. The number of amides is 1. The largest absolute Gasteiger partial charge is 0.447 e. The minimum atomic E-state index is -0.389. The summed E-state index contributed by atoms with van der Waals surface area (Å²) >= 11 is 0. The van der Waals surface area contributed by atoms with E-state index in [1.54, 1.807) is 12.5 Å². The molecule has 5 nitrogen and oxygen atoms in total. The van der Waals surface area contributed by atoms with Crippen LogP contribution in [0.1, 0.15) is 39.4 Å². The molecule has 1 heterocycles. The number of nitrogens with zero attached hydrogens (tertiary/aromatic N) is 2. The summed E-state index contributed by atoms with van der Waals surface area (Å²) < 4.78 is 6.99. The highest BCUT2D eigenvalue weighted by atomic mass is 16.6. The van der Waals surface area contributed by atoms with Gasteiger partial charge in [0, 0.05) is 7.05 Å². The standard InChI is InChI=1S/C12H21N3O2/c1-8(2)11(10-6-13-7-15(10)5)14-12(16)17-9(3)4/h6-9,11H,1-5H3,(H,14,16). The van der Waals surface area contributed by atoms with Crippen LogP contribution in [-0.2, 0) is 11.8 Å². The van der Waals surface area contributed by atoms with E-state index in [-0.39, 0.29) is 24.2 Å². The smallest absolute Gasteiger partial charge is 0.407 e. The zero-order valence-corrected chi connectivity index (χ0v) is 11.1. The molecule has 1 amide bonds. The maximum atomic E-state index is 11.6. The number of alkyl carbamates (subject to hydrolysis) is 1. The van der Waals surface area contributed by atoms with Crippen LogP contribution in [0.2, 0.25) is 0 Å². The Morgan fingerprint density at radius 3 is 2.47 bits per heavy atom. The SMILES string of the molecule is CC(C)OC(=O)NC(c1cncn1C)C(C)C. The molecule has 1 aromatic rings. The molecule has 1 atom stereocenters. The second-order valence-electron chi connectivity index (χ2n) is 4.75. The number of nitrogens with one attached hydrogen (secondary N) is 1. The van der Waals surface area contributed by atoms with Gasteiger partial charge in [-0.2, -0.15) is 0 Å². The van der Waals surface area contributed by atoms with Gasteiger partial charge in [0.15, 0.2) is 0 Å². The molecule has 0 fully saturated rings. The van der Waals surface area contributed by atoms with Crippen molar-refractivity contribution in [1.29, 1.82) is 0 Å². The molecule has 1 unspecified atom stereocenters. The average Bonchev–Trinajstić information content (AvgIpc) is 2.59. The monoisotopic (exact) mass is 239 g/mol. The summed E-state index contributed by atoms with van der Waals surface area (Å²) in [5.41, 5.74) is 0.973. The van der Waals surface area contributed by atoms with Gasteiger partial charge in [0.25, 0.3) is 0 Å². The van der Waals surface area contributed by atoms with E-state index >= 15 is 0 Å². The van der Waals surface area contributed by atoms with Crippen molar-refractivity contribution in [2.75, 3.05) is 0 Å². The summed E-state index contributed by atoms with van der Waals surface area (Å²) in [5.74, 6) is 0.269. The van der Waals surface area contributed by atoms with Crippen LogP contribution in [0.15, 0.2) is 12.5 Å². The van der Waals surface area contributed by atoms with E-state index in [4.69, 9.17) is 4.74 Å². The molecule has 0 aliphatic carbocycles. The fraction of sp³-hybridized carbons (Fsp3) is 0.667. The number of aryl methyl sites for hydroxylation is 1. The molecular weight excluding hydrogens is 218 g/mol. The van der Waals surface area contributed by atoms with Gasteiger partial charge in [0.2, 0.25) is 0 Å². The highest BCUT2D eigenvalue weighted by molar-refractivity contribution is 5.68. The summed E-state index contributed by atoms with van der Waals surface area (Å²) in [6, 6.07) is -0.0891. The summed E-state index contributed by atoms with van der Waals surface area (Å²) in [4.78, 5) is 15.7. The first-order valence-corrected chi connectivity index (χ1v) is 5.85. The molecule has 0 aromatic carbocycles. The Kier molecular flexibility index (Phi) is 4.54. The van der Waals surface area contributed by atoms with Gasteiger partial charge in [-0.05, 0) is 19.8 Å². The van der Waals surface area contributed by atoms with Crippen molar-refractivity contribution >= 4 is 6.09 Å². The van der Waals surface area contributed by atoms with Gasteiger partial charge in [-0.3, -0.25) is 0 Å². The van der Waals surface area contributed by atoms with E-state index in [2.05, 4.69) is 10.3 Å². The Morgan fingerprint density at radius 2 is 2.06 bits per heavy atom. The predicted molar refractivity (Wildman–Crippen MR) is 65.5 cm³/mol. The first-order valence-electron chi connectivity index (χ1n) is 5.85. The van der Waals surface area contributed by atoms with Crippen molar-refractivity contribution in [3.05, 3.63) is 18.2 Å². The lowest BCUT2D eigenvalue weighted by molar-refractivity contribution is 0.109. The van der Waals surface area contributed by atoms with Crippen LogP contribution in [0.5, 0.6) is 0 Å². The zero-order chi connectivity index (χ0) is 13.0. The van der Waals surface area contributed by atoms with Crippen molar-refractivity contribution in [3.63, 3.8) is 0 Å². The van der Waals surface area contributed by atoms with Crippen molar-refractivity contribution in [3.8, 4) is 0 Å². The lowest BCUT2D eigenvalue weighted by Crippen LogP contribution is -2.34. The van der Waals surface area contributed by atoms with E-state index in [1.807, 2.05) is 39.3 Å². The Labute approximate surface area is 102 Å². The topological polar surface area (TPSA) is 56.1 Å². The lowest BCUT2D eigenvalue weighted by atomic mass is 10.0. The van der Waals surface area contributed by atoms with Gasteiger partial charge in [-0.15, -0.1) is 0 Å². The number of hydrogen-bond donors (Lipinski definition) is 1. The molecule has 0 bridgehead atoms. The van der Waals surface area contributed by atoms with Crippen LogP contribution in [0, 0.1) is 5.92 Å². The van der Waals surface area contributed by atoms with E-state index in [0.29, 0.717) is 0 Å². The van der Waals surface area contributed by atoms with E-state index in [1.165, 1.54) is 0 Å². The predicted octanol–water partition coefficient (Wildman–Crippen LogP) is 2.25. The summed E-state index contributed by atoms with van der Waals surface area (Å²) in [6.45, 7) is 7.75. The third kappa shape index (κ3) is 3.76. The van der Waals surface area contributed by atoms with Crippen LogP contribution in [0.25, 0.3) is 0 Å². The third-order valence-electron chi connectivity index (χ3n) is 2.46. The van der Waals surface area contributed by atoms with Crippen LogP contribution >= 0.6 is 0 Å². The summed E-state index contributed by atoms with van der Waals surface area (Å²) in [6.07, 6.45) is 2.98. The Balaban J connectivity index is 2.75. The van der Waals surface area contributed by atoms with Gasteiger partial charge >= 0.3 is 6.09 Å². The highest BCUT2D eigenvalue weighted by Gasteiger charge is 2.21. The molecule has 1 aromatic heterocycles. The van der Waals surface area contributed by atoms with Gasteiger partial charge in [0.1, 0.15) is 0 Å². The normalized spacial score (nSPS) is 12.9. The van der Waals surface area contributed by atoms with Gasteiger partial charge < -0.3 is 14.6 Å². The quantitative estimate of drug-likeness (QED) is 0.876. The van der Waals surface area contributed by atoms with E-state index in [0.717, 1.165) is 5.69 Å². The van der Waals surface area contributed by atoms with E-state index in [9.17, 15) is 4.79 Å². The number of carbonyl (C=O) groups is 1. The molecule has 96 valence electrons. The van der Waals surface area contributed by atoms with Crippen molar-refractivity contribution in [1.82, 2.24) is 14.9 Å². The maximum absolute atomic E-state index is 11.6. The molecule has 0 spiro atoms. The molecular formula is C12H21N3O2. The number of hydrogen-bond acceptors (Lipinski definition) is 3. The van der Waals surface area contributed by atoms with Crippen LogP contribution in [0.3, 0.4) is 0 Å². The van der Waals surface area contributed by atoms with Crippen LogP contribution < -0.4 is 5.32 Å². The molecule has 0 saturated heterocycles. The first kappa shape index (κ1) is 13.5. The number of ether oxygens (including phenoxy) is 1. The van der Waals surface area contributed by atoms with Crippen molar-refractivity contribution < 1.29 is 9.53 Å². The van der Waals surface area contributed by atoms with Gasteiger partial charge in [-0.25, -0.2) is 9.78 Å². The summed E-state index contributed by atoms with van der Waals surface area (Å²) in [7, 11) is 1.91. The van der Waals surface area contributed by atoms with E-state index < -0.39 is 0 Å². The zero-order valence-electron chi connectivity index (χ0n) is 11.1. The Hall–Kier alpha value is -1.52. The van der Waals surface area contributed by atoms with Crippen LogP contribution in [0.4, 0.5) is 4.79 Å². The molecule has 0 aliphatic heterocycles. The van der Waals surface area contributed by atoms with Gasteiger partial charge in [-0.1, -0.05) is 13.8 Å². The first-order chi connectivity index (χ1) is 7.91. The summed E-state index contributed by atoms with van der Waals surface area (Å²) in [5, 5.41) is 2.87. The molecule has 0 saturated carbocycles. The second kappa shape index (κ2) is 5.70. The van der Waals surface area contributed by atoms with Gasteiger partial charge in [0.05, 0.1) is 30.4 Å². The number of rotatable bonds is 4. The molecule has 1 N–H and O–H groups in total. The Morgan fingerprint density at radius 1 is 1.41 bits per heavy atom. The molecule has 1 rings (SSSR count). The number of aromatic nitrogens is 2. The molecule has 5 heteroatoms. The fourth-order valence-corrected chi connectivity index (χ4v) is 1.62. The molecule has 0 radical (unpaired) electrons. The van der Waals surface area contributed by atoms with Crippen molar-refractivity contribution in [2.24, 2.45) is 13.0 Å². The minimum absolute atomic E-state index is 0.0891. The fourth-order valence-electron chi connectivity index (χ4n) is 1.62. The second-order valence-corrected chi connectivity index (χ2v) is 4.75. The van der Waals surface area contributed by atoms with Crippen molar-refractivity contribution in [2.45, 2.75) is 39.8 Å². The number of carbonyl (C=O) groups excluding carboxylic acids is 1.